The van der Waals surface area contributed by atoms with Gasteiger partial charge in [-0.05, 0) is 56.7 Å². The Bertz CT molecular complexity index is 758. The second-order valence-corrected chi connectivity index (χ2v) is 5.34. The predicted octanol–water partition coefficient (Wildman–Crippen LogP) is 4.90. The molecule has 0 aliphatic heterocycles. The first kappa shape index (κ1) is 12.7. The summed E-state index contributed by atoms with van der Waals surface area (Å²) in [6.45, 7) is 6.33. The standard InChI is InChI=1S/C18H18N2/c1-12-4-7-15(8-5-12)19-18-11-14(3)16-10-13(2)6-9-17(16)20-18/h4-11H,1-3H3,(H,19,20). The number of nitrogens with zero attached hydrogens (tertiary/aromatic N) is 1. The lowest BCUT2D eigenvalue weighted by molar-refractivity contribution is 1.33. The van der Waals surface area contributed by atoms with Gasteiger partial charge in [0, 0.05) is 11.1 Å². The van der Waals surface area contributed by atoms with E-state index in [2.05, 4.69) is 79.6 Å². The lowest BCUT2D eigenvalue weighted by Crippen LogP contribution is -1.95. The fraction of sp³-hybridized carbons (Fsp3) is 0.167. The molecule has 20 heavy (non-hydrogen) atoms. The Kier molecular flexibility index (Phi) is 3.15. The third-order valence-electron chi connectivity index (χ3n) is 3.49. The summed E-state index contributed by atoms with van der Waals surface area (Å²) in [6, 6.07) is 16.8. The van der Waals surface area contributed by atoms with Gasteiger partial charge in [0.1, 0.15) is 5.82 Å². The fourth-order valence-electron chi connectivity index (χ4n) is 2.36. The molecule has 3 rings (SSSR count). The van der Waals surface area contributed by atoms with Crippen molar-refractivity contribution in [2.45, 2.75) is 20.8 Å². The Morgan fingerprint density at radius 1 is 0.800 bits per heavy atom. The van der Waals surface area contributed by atoms with Crippen molar-refractivity contribution in [3.05, 3.63) is 65.2 Å². The minimum atomic E-state index is 0.891. The minimum Gasteiger partial charge on any atom is -0.340 e. The van der Waals surface area contributed by atoms with Gasteiger partial charge in [0.2, 0.25) is 0 Å². The maximum absolute atomic E-state index is 4.68. The van der Waals surface area contributed by atoms with Crippen molar-refractivity contribution in [2.24, 2.45) is 0 Å². The van der Waals surface area contributed by atoms with Crippen LogP contribution >= 0.6 is 0 Å². The molecule has 0 amide bonds. The van der Waals surface area contributed by atoms with Crippen molar-refractivity contribution >= 4 is 22.4 Å². The first-order valence-corrected chi connectivity index (χ1v) is 6.83. The Balaban J connectivity index is 2.00. The number of hydrogen-bond donors (Lipinski definition) is 1. The Labute approximate surface area is 119 Å². The topological polar surface area (TPSA) is 24.9 Å². The van der Waals surface area contributed by atoms with E-state index in [1.54, 1.807) is 0 Å². The van der Waals surface area contributed by atoms with E-state index in [-0.39, 0.29) is 0 Å². The normalized spacial score (nSPS) is 10.8. The molecule has 0 radical (unpaired) electrons. The number of benzene rings is 2. The van der Waals surface area contributed by atoms with Gasteiger partial charge in [-0.1, -0.05) is 29.3 Å². The number of anilines is 2. The largest absolute Gasteiger partial charge is 0.340 e. The molecule has 0 spiro atoms. The van der Waals surface area contributed by atoms with Gasteiger partial charge in [-0.25, -0.2) is 4.98 Å². The average Bonchev–Trinajstić information content (AvgIpc) is 2.42. The molecule has 1 heterocycles. The molecular formula is C18H18N2. The van der Waals surface area contributed by atoms with Gasteiger partial charge < -0.3 is 5.32 Å². The number of nitrogens with one attached hydrogen (secondary N) is 1. The van der Waals surface area contributed by atoms with E-state index < -0.39 is 0 Å². The van der Waals surface area contributed by atoms with Crippen LogP contribution in [0.15, 0.2) is 48.5 Å². The van der Waals surface area contributed by atoms with Gasteiger partial charge in [0.15, 0.2) is 0 Å². The highest BCUT2D eigenvalue weighted by atomic mass is 15.0. The van der Waals surface area contributed by atoms with Crippen molar-refractivity contribution in [3.8, 4) is 0 Å². The molecule has 0 unspecified atom stereocenters. The van der Waals surface area contributed by atoms with Crippen molar-refractivity contribution in [1.29, 1.82) is 0 Å². The number of fused-ring (bicyclic) bond motifs is 1. The molecule has 0 aliphatic carbocycles. The van der Waals surface area contributed by atoms with Crippen LogP contribution < -0.4 is 5.32 Å². The number of pyridine rings is 1. The molecule has 0 saturated carbocycles. The number of hydrogen-bond acceptors (Lipinski definition) is 2. The SMILES string of the molecule is Cc1ccc(Nc2cc(C)c3cc(C)ccc3n2)cc1. The molecule has 0 bridgehead atoms. The molecule has 2 heteroatoms. The molecule has 0 fully saturated rings. The fourth-order valence-corrected chi connectivity index (χ4v) is 2.36. The summed E-state index contributed by atoms with van der Waals surface area (Å²) < 4.78 is 0. The van der Waals surface area contributed by atoms with Gasteiger partial charge in [0.05, 0.1) is 5.52 Å². The van der Waals surface area contributed by atoms with E-state index in [1.807, 2.05) is 0 Å². The molecule has 0 saturated heterocycles. The van der Waals surface area contributed by atoms with Gasteiger partial charge in [-0.3, -0.25) is 0 Å². The minimum absolute atomic E-state index is 0.891. The highest BCUT2D eigenvalue weighted by Gasteiger charge is 2.03. The zero-order valence-electron chi connectivity index (χ0n) is 12.1. The summed E-state index contributed by atoms with van der Waals surface area (Å²) in [6.07, 6.45) is 0. The first-order valence-electron chi connectivity index (χ1n) is 6.83. The van der Waals surface area contributed by atoms with Crippen molar-refractivity contribution < 1.29 is 0 Å². The van der Waals surface area contributed by atoms with Crippen LogP contribution in [0.3, 0.4) is 0 Å². The lowest BCUT2D eigenvalue weighted by atomic mass is 10.1. The highest BCUT2D eigenvalue weighted by Crippen LogP contribution is 2.23. The first-order chi connectivity index (χ1) is 9.61. The number of aromatic nitrogens is 1. The third-order valence-corrected chi connectivity index (χ3v) is 3.49. The van der Waals surface area contributed by atoms with E-state index >= 15 is 0 Å². The maximum atomic E-state index is 4.68. The average molecular weight is 262 g/mol. The molecule has 0 aliphatic rings. The molecule has 1 N–H and O–H groups in total. The molecule has 1 aromatic heterocycles. The summed E-state index contributed by atoms with van der Waals surface area (Å²) in [7, 11) is 0. The van der Waals surface area contributed by atoms with Crippen molar-refractivity contribution in [3.63, 3.8) is 0 Å². The van der Waals surface area contributed by atoms with E-state index in [0.29, 0.717) is 0 Å². The summed E-state index contributed by atoms with van der Waals surface area (Å²) in [5.74, 6) is 0.891. The monoisotopic (exact) mass is 262 g/mol. The highest BCUT2D eigenvalue weighted by molar-refractivity contribution is 5.85. The number of rotatable bonds is 2. The molecule has 2 nitrogen and oxygen atoms in total. The lowest BCUT2D eigenvalue weighted by Gasteiger charge is -2.10. The Hall–Kier alpha value is -2.35. The van der Waals surface area contributed by atoms with Crippen LogP contribution in [-0.2, 0) is 0 Å². The summed E-state index contributed by atoms with van der Waals surface area (Å²) in [5.41, 5.74) is 5.86. The molecule has 3 aromatic rings. The van der Waals surface area contributed by atoms with Gasteiger partial charge >= 0.3 is 0 Å². The van der Waals surface area contributed by atoms with E-state index in [1.165, 1.54) is 22.1 Å². The quantitative estimate of drug-likeness (QED) is 0.710. The molecule has 0 atom stereocenters. The third kappa shape index (κ3) is 2.50. The van der Waals surface area contributed by atoms with Crippen LogP contribution in [0.5, 0.6) is 0 Å². The van der Waals surface area contributed by atoms with Gasteiger partial charge in [-0.15, -0.1) is 0 Å². The zero-order chi connectivity index (χ0) is 14.1. The Morgan fingerprint density at radius 2 is 1.50 bits per heavy atom. The molecule has 2 aromatic carbocycles. The second-order valence-electron chi connectivity index (χ2n) is 5.34. The molecular weight excluding hydrogens is 244 g/mol. The van der Waals surface area contributed by atoms with Gasteiger partial charge in [-0.2, -0.15) is 0 Å². The number of aryl methyl sites for hydroxylation is 3. The Morgan fingerprint density at radius 3 is 2.25 bits per heavy atom. The smallest absolute Gasteiger partial charge is 0.131 e. The summed E-state index contributed by atoms with van der Waals surface area (Å²) in [4.78, 5) is 4.68. The van der Waals surface area contributed by atoms with E-state index in [4.69, 9.17) is 0 Å². The second kappa shape index (κ2) is 4.97. The van der Waals surface area contributed by atoms with Crippen molar-refractivity contribution in [1.82, 2.24) is 4.98 Å². The summed E-state index contributed by atoms with van der Waals surface area (Å²) in [5, 5.41) is 4.59. The van der Waals surface area contributed by atoms with Crippen LogP contribution in [0.1, 0.15) is 16.7 Å². The van der Waals surface area contributed by atoms with Crippen LogP contribution in [0, 0.1) is 20.8 Å². The van der Waals surface area contributed by atoms with Crippen molar-refractivity contribution in [2.75, 3.05) is 5.32 Å². The van der Waals surface area contributed by atoms with Crippen LogP contribution in [-0.4, -0.2) is 4.98 Å². The summed E-state index contributed by atoms with van der Waals surface area (Å²) >= 11 is 0. The predicted molar refractivity (Wildman–Crippen MR) is 85.7 cm³/mol. The van der Waals surface area contributed by atoms with E-state index in [0.717, 1.165) is 17.0 Å². The van der Waals surface area contributed by atoms with Crippen LogP contribution in [0.25, 0.3) is 10.9 Å². The zero-order valence-corrected chi connectivity index (χ0v) is 12.1. The van der Waals surface area contributed by atoms with E-state index in [9.17, 15) is 0 Å². The maximum Gasteiger partial charge on any atom is 0.131 e. The van der Waals surface area contributed by atoms with Crippen LogP contribution in [0.4, 0.5) is 11.5 Å². The van der Waals surface area contributed by atoms with Gasteiger partial charge in [0.25, 0.3) is 0 Å². The van der Waals surface area contributed by atoms with Crippen LogP contribution in [0.2, 0.25) is 0 Å². The molecule has 100 valence electrons.